The van der Waals surface area contributed by atoms with E-state index in [1.54, 1.807) is 26.2 Å². The van der Waals surface area contributed by atoms with E-state index in [2.05, 4.69) is 20.9 Å². The van der Waals surface area contributed by atoms with Crippen LogP contribution < -0.4 is 35.6 Å². The number of nitrogens with one attached hydrogen (secondary N) is 3. The second-order valence-corrected chi connectivity index (χ2v) is 11.9. The van der Waals surface area contributed by atoms with Crippen molar-refractivity contribution >= 4 is 39.9 Å². The molecule has 12 nitrogen and oxygen atoms in total. The lowest BCUT2D eigenvalue weighted by molar-refractivity contribution is -0.119. The highest BCUT2D eigenvalue weighted by atomic mass is 32.1. The van der Waals surface area contributed by atoms with Crippen LogP contribution in [0.4, 0.5) is 10.8 Å². The van der Waals surface area contributed by atoms with E-state index in [1.807, 2.05) is 19.9 Å². The van der Waals surface area contributed by atoms with Crippen LogP contribution in [0.25, 0.3) is 11.1 Å². The van der Waals surface area contributed by atoms with Crippen molar-refractivity contribution in [2.24, 2.45) is 0 Å². The van der Waals surface area contributed by atoms with Crippen LogP contribution >= 0.6 is 11.3 Å². The molecule has 2 unspecified atom stereocenters. The molecule has 1 aromatic heterocycles. The van der Waals surface area contributed by atoms with E-state index in [0.717, 1.165) is 11.1 Å². The number of carbonyl (C=O) groups excluding carboxylic acids is 3. The summed E-state index contributed by atoms with van der Waals surface area (Å²) in [6.07, 6.45) is 1.09. The fourth-order valence-electron chi connectivity index (χ4n) is 5.36. The van der Waals surface area contributed by atoms with Crippen molar-refractivity contribution < 1.29 is 33.3 Å². The zero-order valence-electron chi connectivity index (χ0n) is 26.6. The molecule has 4 rings (SSSR count). The van der Waals surface area contributed by atoms with Gasteiger partial charge < -0.3 is 34.9 Å². The van der Waals surface area contributed by atoms with Gasteiger partial charge in [0.15, 0.2) is 22.3 Å². The molecular formula is C32H38N4O8S. The van der Waals surface area contributed by atoms with Gasteiger partial charge in [-0.1, -0.05) is 19.9 Å². The zero-order valence-corrected chi connectivity index (χ0v) is 27.4. The van der Waals surface area contributed by atoms with Gasteiger partial charge in [-0.3, -0.25) is 14.4 Å². The van der Waals surface area contributed by atoms with Crippen LogP contribution in [-0.4, -0.2) is 57.2 Å². The first kappa shape index (κ1) is 33.2. The second kappa shape index (κ2) is 14.0. The molecule has 45 heavy (non-hydrogen) atoms. The Morgan fingerprint density at radius 2 is 1.71 bits per heavy atom. The molecule has 3 aromatic rings. The van der Waals surface area contributed by atoms with Crippen molar-refractivity contribution in [3.63, 3.8) is 0 Å². The lowest BCUT2D eigenvalue weighted by atomic mass is 9.95. The molecule has 0 fully saturated rings. The summed E-state index contributed by atoms with van der Waals surface area (Å²) in [4.78, 5) is 56.2. The summed E-state index contributed by atoms with van der Waals surface area (Å²) in [5, 5.41) is 8.97. The third kappa shape index (κ3) is 6.88. The molecule has 240 valence electrons. The average molecular weight is 639 g/mol. The van der Waals surface area contributed by atoms with Gasteiger partial charge in [-0.2, -0.15) is 0 Å². The Bertz CT molecular complexity index is 1690. The Morgan fingerprint density at radius 1 is 1.00 bits per heavy atom. The number of methoxy groups -OCH3 is 4. The van der Waals surface area contributed by atoms with Gasteiger partial charge in [0, 0.05) is 17.4 Å². The number of benzene rings is 1. The third-order valence-corrected chi connectivity index (χ3v) is 8.74. The van der Waals surface area contributed by atoms with Gasteiger partial charge in [-0.05, 0) is 60.6 Å². The minimum absolute atomic E-state index is 0.00787. The van der Waals surface area contributed by atoms with E-state index in [0.29, 0.717) is 46.1 Å². The molecule has 0 spiro atoms. The second-order valence-electron chi connectivity index (χ2n) is 10.8. The molecule has 3 N–H and O–H groups in total. The van der Waals surface area contributed by atoms with Gasteiger partial charge in [0.25, 0.3) is 0 Å². The highest BCUT2D eigenvalue weighted by Gasteiger charge is 2.30. The predicted molar refractivity (Wildman–Crippen MR) is 172 cm³/mol. The molecule has 1 aliphatic carbocycles. The monoisotopic (exact) mass is 638 g/mol. The van der Waals surface area contributed by atoms with Crippen molar-refractivity contribution in [3.05, 3.63) is 56.2 Å². The number of amides is 2. The molecule has 1 aliphatic rings. The molecule has 0 saturated heterocycles. The fourth-order valence-corrected chi connectivity index (χ4v) is 6.32. The van der Waals surface area contributed by atoms with Crippen molar-refractivity contribution in [3.8, 4) is 28.4 Å². The third-order valence-electron chi connectivity index (χ3n) is 7.47. The van der Waals surface area contributed by atoms with Gasteiger partial charge in [-0.15, -0.1) is 11.3 Å². The quantitative estimate of drug-likeness (QED) is 0.267. The van der Waals surface area contributed by atoms with Crippen LogP contribution in [0.2, 0.25) is 0 Å². The first-order chi connectivity index (χ1) is 21.4. The SMILES string of the molecule is COC(=O)c1nc(NC(=O)C(C)Nc2ccc3c(cc2=O)C(NC(C)=O)CCc2cc(OC)c(OC)c(OC)c2-3)sc1C(C)C. The summed E-state index contributed by atoms with van der Waals surface area (Å²) in [6, 6.07) is 5.41. The van der Waals surface area contributed by atoms with Crippen LogP contribution in [0.3, 0.4) is 0 Å². The largest absolute Gasteiger partial charge is 0.493 e. The highest BCUT2D eigenvalue weighted by molar-refractivity contribution is 7.16. The molecule has 0 saturated carbocycles. The molecular weight excluding hydrogens is 600 g/mol. The van der Waals surface area contributed by atoms with E-state index in [4.69, 9.17) is 18.9 Å². The maximum absolute atomic E-state index is 13.6. The molecule has 13 heteroatoms. The molecule has 2 amide bonds. The summed E-state index contributed by atoms with van der Waals surface area (Å²) in [6.45, 7) is 6.87. The summed E-state index contributed by atoms with van der Waals surface area (Å²) < 4.78 is 21.9. The van der Waals surface area contributed by atoms with Gasteiger partial charge in [-0.25, -0.2) is 9.78 Å². The standard InChI is InChI=1S/C32H38N4O8S/c1-15(2)29-26(31(40)44-8)35-32(45-29)36-30(39)16(3)33-22-12-10-19-20(14-23(22)38)21(34-17(4)37)11-9-18-13-24(41-5)27(42-6)28(43-7)25(18)19/h10,12-16,21H,9,11H2,1-8H3,(H,33,38)(H,34,37)(H,35,36,39). The first-order valence-electron chi connectivity index (χ1n) is 14.4. The number of ether oxygens (including phenoxy) is 4. The van der Waals surface area contributed by atoms with E-state index < -0.39 is 24.0 Å². The van der Waals surface area contributed by atoms with Gasteiger partial charge in [0.1, 0.15) is 6.04 Å². The number of thiazole rings is 1. The number of nitrogens with zero attached hydrogens (tertiary/aromatic N) is 1. The van der Waals surface area contributed by atoms with Gasteiger partial charge >= 0.3 is 5.97 Å². The van der Waals surface area contributed by atoms with E-state index in [1.165, 1.54) is 45.7 Å². The molecule has 2 aromatic carbocycles. The number of hydrogen-bond donors (Lipinski definition) is 3. The lowest BCUT2D eigenvalue weighted by Crippen LogP contribution is -2.33. The molecule has 0 radical (unpaired) electrons. The predicted octanol–water partition coefficient (Wildman–Crippen LogP) is 4.67. The zero-order chi connectivity index (χ0) is 33.0. The van der Waals surface area contributed by atoms with Crippen molar-refractivity contribution in [1.82, 2.24) is 10.3 Å². The van der Waals surface area contributed by atoms with E-state index in [9.17, 15) is 19.2 Å². The number of hydrogen-bond acceptors (Lipinski definition) is 11. The Morgan fingerprint density at radius 3 is 2.31 bits per heavy atom. The van der Waals surface area contributed by atoms with Crippen molar-refractivity contribution in [2.75, 3.05) is 39.1 Å². The Labute approximate surface area is 265 Å². The molecule has 2 atom stereocenters. The number of rotatable bonds is 10. The first-order valence-corrected chi connectivity index (χ1v) is 15.2. The van der Waals surface area contributed by atoms with Crippen LogP contribution in [0.1, 0.15) is 72.6 Å². The minimum Gasteiger partial charge on any atom is -0.493 e. The maximum atomic E-state index is 13.6. The normalized spacial score (nSPS) is 14.3. The average Bonchev–Trinajstić information content (AvgIpc) is 3.30. The molecule has 1 heterocycles. The summed E-state index contributed by atoms with van der Waals surface area (Å²) >= 11 is 1.19. The number of anilines is 2. The topological polar surface area (TPSA) is 154 Å². The van der Waals surface area contributed by atoms with E-state index in [-0.39, 0.29) is 33.8 Å². The smallest absolute Gasteiger partial charge is 0.357 e. The van der Waals surface area contributed by atoms with Crippen molar-refractivity contribution in [1.29, 1.82) is 0 Å². The van der Waals surface area contributed by atoms with Crippen LogP contribution in [0.15, 0.2) is 29.1 Å². The summed E-state index contributed by atoms with van der Waals surface area (Å²) in [5.74, 6) is 0.0562. The van der Waals surface area contributed by atoms with Gasteiger partial charge in [0.05, 0.1) is 40.2 Å². The Kier molecular flexibility index (Phi) is 10.3. The van der Waals surface area contributed by atoms with Crippen LogP contribution in [0.5, 0.6) is 17.2 Å². The van der Waals surface area contributed by atoms with Crippen LogP contribution in [0, 0.1) is 0 Å². The number of esters is 1. The number of carbonyl (C=O) groups is 3. The fraction of sp³-hybridized carbons (Fsp3) is 0.406. The highest BCUT2D eigenvalue weighted by Crippen LogP contribution is 2.50. The lowest BCUT2D eigenvalue weighted by Gasteiger charge is -2.19. The maximum Gasteiger partial charge on any atom is 0.357 e. The number of aryl methyl sites for hydroxylation is 1. The summed E-state index contributed by atoms with van der Waals surface area (Å²) in [7, 11) is 5.87. The molecule has 0 aliphatic heterocycles. The number of aromatic nitrogens is 1. The van der Waals surface area contributed by atoms with E-state index >= 15 is 0 Å². The minimum atomic E-state index is -0.856. The molecule has 0 bridgehead atoms. The van der Waals surface area contributed by atoms with Gasteiger partial charge in [0.2, 0.25) is 23.0 Å². The Hall–Kier alpha value is -4.65. The van der Waals surface area contributed by atoms with Crippen LogP contribution in [-0.2, 0) is 20.7 Å². The summed E-state index contributed by atoms with van der Waals surface area (Å²) in [5.41, 5.74) is 2.84. The Balaban J connectivity index is 1.75. The number of fused-ring (bicyclic) bond motifs is 3. The van der Waals surface area contributed by atoms with Crippen molar-refractivity contribution in [2.45, 2.75) is 58.5 Å².